The highest BCUT2D eigenvalue weighted by atomic mass is 79.9. The van der Waals surface area contributed by atoms with Gasteiger partial charge < -0.3 is 4.74 Å². The van der Waals surface area contributed by atoms with E-state index in [9.17, 15) is 0 Å². The van der Waals surface area contributed by atoms with Crippen molar-refractivity contribution in [2.45, 2.75) is 18.8 Å². The molecule has 0 amide bonds. The Morgan fingerprint density at radius 2 is 2.15 bits per heavy atom. The van der Waals surface area contributed by atoms with Crippen LogP contribution in [0.3, 0.4) is 0 Å². The van der Waals surface area contributed by atoms with E-state index in [0.29, 0.717) is 5.92 Å². The summed E-state index contributed by atoms with van der Waals surface area (Å²) in [5.41, 5.74) is 1.19. The third-order valence-corrected chi connectivity index (χ3v) is 2.88. The molecule has 0 saturated carbocycles. The summed E-state index contributed by atoms with van der Waals surface area (Å²) in [6.45, 7) is 1.75. The van der Waals surface area contributed by atoms with Crippen molar-refractivity contribution in [2.75, 3.05) is 13.2 Å². The van der Waals surface area contributed by atoms with Crippen LogP contribution >= 0.6 is 15.9 Å². The van der Waals surface area contributed by atoms with Crippen molar-refractivity contribution >= 4 is 15.9 Å². The highest BCUT2D eigenvalue weighted by Crippen LogP contribution is 2.26. The molecule has 1 aliphatic rings. The van der Waals surface area contributed by atoms with E-state index in [1.165, 1.54) is 5.69 Å². The molecule has 0 unspecified atom stereocenters. The first-order chi connectivity index (χ1) is 6.36. The Hall–Kier alpha value is -0.410. The maximum atomic E-state index is 5.31. The maximum absolute atomic E-state index is 5.31. The summed E-state index contributed by atoms with van der Waals surface area (Å²) in [4.78, 5) is 4.38. The molecule has 0 aliphatic carbocycles. The summed E-state index contributed by atoms with van der Waals surface area (Å²) < 4.78 is 6.43. The van der Waals surface area contributed by atoms with Gasteiger partial charge in [0.2, 0.25) is 0 Å². The Balaban J connectivity index is 2.14. The zero-order valence-electron chi connectivity index (χ0n) is 7.37. The van der Waals surface area contributed by atoms with Crippen LogP contribution in [0.15, 0.2) is 22.8 Å². The van der Waals surface area contributed by atoms with E-state index in [0.717, 1.165) is 30.5 Å². The number of pyridine rings is 1. The van der Waals surface area contributed by atoms with Crippen LogP contribution in [0.25, 0.3) is 0 Å². The van der Waals surface area contributed by atoms with E-state index in [-0.39, 0.29) is 0 Å². The largest absolute Gasteiger partial charge is 0.381 e. The lowest BCUT2D eigenvalue weighted by molar-refractivity contribution is 0.0845. The van der Waals surface area contributed by atoms with Crippen LogP contribution < -0.4 is 0 Å². The minimum Gasteiger partial charge on any atom is -0.381 e. The molecule has 13 heavy (non-hydrogen) atoms. The second kappa shape index (κ2) is 4.20. The van der Waals surface area contributed by atoms with E-state index in [1.807, 2.05) is 12.3 Å². The van der Waals surface area contributed by atoms with Crippen LogP contribution in [0.5, 0.6) is 0 Å². The van der Waals surface area contributed by atoms with Crippen molar-refractivity contribution in [1.29, 1.82) is 0 Å². The van der Waals surface area contributed by atoms with Crippen LogP contribution in [-0.4, -0.2) is 18.2 Å². The number of nitrogens with zero attached hydrogens (tertiary/aromatic N) is 1. The van der Waals surface area contributed by atoms with Gasteiger partial charge in [0.1, 0.15) is 0 Å². The van der Waals surface area contributed by atoms with E-state index < -0.39 is 0 Å². The number of hydrogen-bond donors (Lipinski definition) is 0. The third kappa shape index (κ3) is 2.29. The number of rotatable bonds is 1. The molecule has 2 rings (SSSR count). The quantitative estimate of drug-likeness (QED) is 0.755. The molecule has 1 aromatic heterocycles. The molecule has 0 aromatic carbocycles. The van der Waals surface area contributed by atoms with Gasteiger partial charge in [-0.25, -0.2) is 0 Å². The lowest BCUT2D eigenvalue weighted by Crippen LogP contribution is -2.14. The summed E-state index contributed by atoms with van der Waals surface area (Å²) in [6.07, 6.45) is 4.06. The number of hydrogen-bond acceptors (Lipinski definition) is 2. The molecule has 0 bridgehead atoms. The van der Waals surface area contributed by atoms with Gasteiger partial charge in [0.25, 0.3) is 0 Å². The molecule has 1 saturated heterocycles. The molecule has 1 aliphatic heterocycles. The predicted octanol–water partition coefficient (Wildman–Crippen LogP) is 2.74. The molecule has 2 nitrogen and oxygen atoms in total. The predicted molar refractivity (Wildman–Crippen MR) is 54.7 cm³/mol. The van der Waals surface area contributed by atoms with Crippen LogP contribution in [0.2, 0.25) is 0 Å². The number of ether oxygens (including phenoxy) is 1. The minimum atomic E-state index is 0.589. The first-order valence-electron chi connectivity index (χ1n) is 4.55. The minimum absolute atomic E-state index is 0.589. The zero-order chi connectivity index (χ0) is 9.10. The summed E-state index contributed by atoms with van der Waals surface area (Å²) in [5, 5.41) is 0. The Labute approximate surface area is 86.5 Å². The SMILES string of the molecule is Brc1ccnc(C2CCOCC2)c1. The molecule has 3 heteroatoms. The maximum Gasteiger partial charge on any atom is 0.0472 e. The monoisotopic (exact) mass is 241 g/mol. The third-order valence-electron chi connectivity index (χ3n) is 2.38. The number of aromatic nitrogens is 1. The van der Waals surface area contributed by atoms with Crippen molar-refractivity contribution in [3.63, 3.8) is 0 Å². The van der Waals surface area contributed by atoms with Gasteiger partial charge in [-0.1, -0.05) is 15.9 Å². The number of halogens is 1. The topological polar surface area (TPSA) is 22.1 Å². The molecule has 1 fully saturated rings. The highest BCUT2D eigenvalue weighted by Gasteiger charge is 2.16. The van der Waals surface area contributed by atoms with Crippen molar-refractivity contribution in [1.82, 2.24) is 4.98 Å². The average molecular weight is 242 g/mol. The zero-order valence-corrected chi connectivity index (χ0v) is 8.96. The molecule has 0 radical (unpaired) electrons. The second-order valence-electron chi connectivity index (χ2n) is 3.29. The fourth-order valence-corrected chi connectivity index (χ4v) is 1.99. The van der Waals surface area contributed by atoms with Crippen LogP contribution in [0, 0.1) is 0 Å². The molecular weight excluding hydrogens is 230 g/mol. The Kier molecular flexibility index (Phi) is 2.96. The van der Waals surface area contributed by atoms with Crippen molar-refractivity contribution in [3.8, 4) is 0 Å². The Morgan fingerprint density at radius 1 is 1.38 bits per heavy atom. The molecule has 0 spiro atoms. The van der Waals surface area contributed by atoms with Crippen LogP contribution in [-0.2, 0) is 4.74 Å². The normalized spacial score (nSPS) is 18.8. The molecule has 0 atom stereocenters. The standard InChI is InChI=1S/C10H12BrNO/c11-9-1-4-12-10(7-9)8-2-5-13-6-3-8/h1,4,7-8H,2-3,5-6H2. The lowest BCUT2D eigenvalue weighted by atomic mass is 9.96. The Bertz CT molecular complexity index is 284. The van der Waals surface area contributed by atoms with Gasteiger partial charge in [-0.15, -0.1) is 0 Å². The lowest BCUT2D eigenvalue weighted by Gasteiger charge is -2.21. The van der Waals surface area contributed by atoms with Gasteiger partial charge in [-0.2, -0.15) is 0 Å². The molecular formula is C10H12BrNO. The molecule has 2 heterocycles. The smallest absolute Gasteiger partial charge is 0.0472 e. The second-order valence-corrected chi connectivity index (χ2v) is 4.20. The van der Waals surface area contributed by atoms with Crippen LogP contribution in [0.1, 0.15) is 24.5 Å². The summed E-state index contributed by atoms with van der Waals surface area (Å²) in [5.74, 6) is 0.589. The van der Waals surface area contributed by atoms with E-state index >= 15 is 0 Å². The van der Waals surface area contributed by atoms with Crippen LogP contribution in [0.4, 0.5) is 0 Å². The van der Waals surface area contributed by atoms with E-state index in [4.69, 9.17) is 4.74 Å². The van der Waals surface area contributed by atoms with Gasteiger partial charge in [0, 0.05) is 35.5 Å². The summed E-state index contributed by atoms with van der Waals surface area (Å²) in [7, 11) is 0. The van der Waals surface area contributed by atoms with E-state index in [2.05, 4.69) is 27.0 Å². The fraction of sp³-hybridized carbons (Fsp3) is 0.500. The highest BCUT2D eigenvalue weighted by molar-refractivity contribution is 9.10. The first-order valence-corrected chi connectivity index (χ1v) is 5.35. The van der Waals surface area contributed by atoms with Gasteiger partial charge in [0.05, 0.1) is 0 Å². The van der Waals surface area contributed by atoms with E-state index in [1.54, 1.807) is 0 Å². The average Bonchev–Trinajstić information content (AvgIpc) is 2.19. The summed E-state index contributed by atoms with van der Waals surface area (Å²) >= 11 is 3.46. The van der Waals surface area contributed by atoms with Gasteiger partial charge in [0.15, 0.2) is 0 Å². The van der Waals surface area contributed by atoms with Gasteiger partial charge in [-0.05, 0) is 25.0 Å². The van der Waals surface area contributed by atoms with Gasteiger partial charge in [-0.3, -0.25) is 4.98 Å². The molecule has 1 aromatic rings. The van der Waals surface area contributed by atoms with Crippen molar-refractivity contribution in [2.24, 2.45) is 0 Å². The van der Waals surface area contributed by atoms with Crippen molar-refractivity contribution < 1.29 is 4.74 Å². The first kappa shape index (κ1) is 9.16. The van der Waals surface area contributed by atoms with Gasteiger partial charge >= 0.3 is 0 Å². The molecule has 0 N–H and O–H groups in total. The Morgan fingerprint density at radius 3 is 2.85 bits per heavy atom. The van der Waals surface area contributed by atoms with Crippen molar-refractivity contribution in [3.05, 3.63) is 28.5 Å². The fourth-order valence-electron chi connectivity index (χ4n) is 1.64. The molecule has 70 valence electrons. The summed E-state index contributed by atoms with van der Waals surface area (Å²) in [6, 6.07) is 4.07.